The van der Waals surface area contributed by atoms with Crippen LogP contribution in [0.2, 0.25) is 0 Å². The van der Waals surface area contributed by atoms with Crippen LogP contribution in [0.5, 0.6) is 0 Å². The second kappa shape index (κ2) is 10.8. The molecule has 1 atom stereocenters. The molecule has 40 heavy (non-hydrogen) atoms. The van der Waals surface area contributed by atoms with E-state index in [9.17, 15) is 22.7 Å². The molecule has 0 unspecified atom stereocenters. The van der Waals surface area contributed by atoms with E-state index in [-0.39, 0.29) is 5.91 Å². The van der Waals surface area contributed by atoms with Crippen molar-refractivity contribution in [3.05, 3.63) is 35.5 Å². The largest absolute Gasteiger partial charge is 0.395 e. The fraction of sp³-hybridized carbons (Fsp3) is 0.607. The number of hydrogen-bond acceptors (Lipinski definition) is 8. The molecule has 1 saturated carbocycles. The maximum absolute atomic E-state index is 14.3. The number of benzene rings is 1. The molecule has 1 aromatic carbocycles. The van der Waals surface area contributed by atoms with Gasteiger partial charge in [0.1, 0.15) is 16.7 Å². The third-order valence-electron chi connectivity index (χ3n) is 8.58. The molecule has 3 heterocycles. The van der Waals surface area contributed by atoms with Crippen LogP contribution in [0, 0.1) is 12.3 Å². The van der Waals surface area contributed by atoms with Gasteiger partial charge >= 0.3 is 0 Å². The molecule has 1 aliphatic carbocycles. The van der Waals surface area contributed by atoms with E-state index in [4.69, 9.17) is 0 Å². The number of piperidine rings is 2. The molecular formula is C28H39FN6O4S. The number of aryl methyl sites for hydroxylation is 1. The van der Waals surface area contributed by atoms with Gasteiger partial charge in [0.05, 0.1) is 23.5 Å². The quantitative estimate of drug-likeness (QED) is 0.434. The van der Waals surface area contributed by atoms with Crippen LogP contribution in [0.3, 0.4) is 0 Å². The van der Waals surface area contributed by atoms with Crippen molar-refractivity contribution in [3.8, 4) is 0 Å². The Bertz CT molecular complexity index is 1360. The van der Waals surface area contributed by atoms with Crippen molar-refractivity contribution < 1.29 is 22.7 Å². The van der Waals surface area contributed by atoms with Gasteiger partial charge in [0.15, 0.2) is 0 Å². The Kier molecular flexibility index (Phi) is 7.68. The molecule has 1 spiro atoms. The number of sulfonamides is 1. The van der Waals surface area contributed by atoms with E-state index in [1.807, 2.05) is 11.8 Å². The van der Waals surface area contributed by atoms with Crippen LogP contribution >= 0.6 is 0 Å². The van der Waals surface area contributed by atoms with E-state index in [0.717, 1.165) is 25.9 Å². The number of alkyl halides is 1. The lowest BCUT2D eigenvalue weighted by Crippen LogP contribution is -2.41. The van der Waals surface area contributed by atoms with E-state index < -0.39 is 27.5 Å². The number of hydrogen-bond donors (Lipinski definition) is 3. The Hall–Kier alpha value is -2.99. The standard InChI is InChI=1S/C28H39FN6O4S/c1-19-16-24(32-26(30-19)35-12-8-27(3,29)9-13-35)31-25(37)22-5-4-21(33-40(38,39)20(2)18-36)17-23(22)34-14-10-28(6-7-28)11-15-34/h4-5,16-17,20,33,36H,6-15,18H2,1-3H3,(H,30,31,32,37)/t20-/m0/s1. The minimum absolute atomic E-state index is 0.337. The number of aromatic nitrogens is 2. The van der Waals surface area contributed by atoms with Gasteiger partial charge in [-0.3, -0.25) is 9.52 Å². The summed E-state index contributed by atoms with van der Waals surface area (Å²) >= 11 is 0. The van der Waals surface area contributed by atoms with Crippen LogP contribution in [0.4, 0.5) is 27.5 Å². The van der Waals surface area contributed by atoms with Crippen molar-refractivity contribution in [1.82, 2.24) is 9.97 Å². The topological polar surface area (TPSA) is 128 Å². The number of amides is 1. The average Bonchev–Trinajstić information content (AvgIpc) is 3.66. The lowest BCUT2D eigenvalue weighted by atomic mass is 9.93. The van der Waals surface area contributed by atoms with Gasteiger partial charge in [-0.1, -0.05) is 0 Å². The van der Waals surface area contributed by atoms with E-state index in [2.05, 4.69) is 24.9 Å². The molecular weight excluding hydrogens is 535 g/mol. The minimum Gasteiger partial charge on any atom is -0.395 e. The Balaban J connectivity index is 1.39. The SMILES string of the molecule is Cc1cc(NC(=O)c2ccc(NS(=O)(=O)[C@@H](C)CO)cc2N2CCC3(CC2)CC3)nc(N2CCC(C)(F)CC2)n1. The number of halogens is 1. The maximum Gasteiger partial charge on any atom is 0.258 e. The maximum atomic E-state index is 14.3. The predicted octanol–water partition coefficient (Wildman–Crippen LogP) is 3.87. The summed E-state index contributed by atoms with van der Waals surface area (Å²) in [5.41, 5.74) is 1.31. The molecule has 1 aromatic heterocycles. The number of aliphatic hydroxyl groups excluding tert-OH is 1. The summed E-state index contributed by atoms with van der Waals surface area (Å²) in [7, 11) is -3.79. The number of carbonyl (C=O) groups excluding carboxylic acids is 1. The van der Waals surface area contributed by atoms with Crippen molar-refractivity contribution in [3.63, 3.8) is 0 Å². The monoisotopic (exact) mass is 574 g/mol. The van der Waals surface area contributed by atoms with Crippen molar-refractivity contribution >= 4 is 39.1 Å². The molecule has 5 rings (SSSR count). The summed E-state index contributed by atoms with van der Waals surface area (Å²) in [6.07, 6.45) is 5.33. The molecule has 0 bridgehead atoms. The van der Waals surface area contributed by atoms with Crippen LogP contribution in [0.1, 0.15) is 68.4 Å². The van der Waals surface area contributed by atoms with Gasteiger partial charge in [-0.25, -0.2) is 17.8 Å². The number of carbonyl (C=O) groups is 1. The highest BCUT2D eigenvalue weighted by Crippen LogP contribution is 2.54. The number of nitrogens with one attached hydrogen (secondary N) is 2. The van der Waals surface area contributed by atoms with Gasteiger partial charge in [-0.2, -0.15) is 4.98 Å². The zero-order valence-corrected chi connectivity index (χ0v) is 24.2. The fourth-order valence-electron chi connectivity index (χ4n) is 5.43. The molecule has 3 fully saturated rings. The van der Waals surface area contributed by atoms with Crippen molar-refractivity contribution in [2.45, 2.75) is 70.2 Å². The highest BCUT2D eigenvalue weighted by atomic mass is 32.2. The average molecular weight is 575 g/mol. The smallest absolute Gasteiger partial charge is 0.258 e. The van der Waals surface area contributed by atoms with Crippen LogP contribution in [-0.4, -0.2) is 73.1 Å². The number of aliphatic hydroxyl groups is 1. The molecule has 2 aliphatic heterocycles. The Morgan fingerprint density at radius 1 is 1.05 bits per heavy atom. The lowest BCUT2D eigenvalue weighted by molar-refractivity contribution is 0.102. The molecule has 218 valence electrons. The highest BCUT2D eigenvalue weighted by Gasteiger charge is 2.44. The zero-order valence-electron chi connectivity index (χ0n) is 23.4. The minimum atomic E-state index is -3.79. The van der Waals surface area contributed by atoms with Gasteiger partial charge < -0.3 is 20.2 Å². The molecule has 3 N–H and O–H groups in total. The number of nitrogens with zero attached hydrogens (tertiary/aromatic N) is 4. The van der Waals surface area contributed by atoms with Crippen LogP contribution in [0.15, 0.2) is 24.3 Å². The van der Waals surface area contributed by atoms with E-state index >= 15 is 0 Å². The molecule has 3 aliphatic rings. The summed E-state index contributed by atoms with van der Waals surface area (Å²) in [4.78, 5) is 26.8. The van der Waals surface area contributed by atoms with Gasteiger partial charge in [0.25, 0.3) is 5.91 Å². The third kappa shape index (κ3) is 6.33. The van der Waals surface area contributed by atoms with Gasteiger partial charge in [0, 0.05) is 37.9 Å². The Morgan fingerprint density at radius 2 is 1.70 bits per heavy atom. The van der Waals surface area contributed by atoms with E-state index in [1.54, 1.807) is 31.2 Å². The zero-order chi connectivity index (χ0) is 28.7. The summed E-state index contributed by atoms with van der Waals surface area (Å²) in [6, 6.07) is 6.57. The summed E-state index contributed by atoms with van der Waals surface area (Å²) in [6.45, 7) is 6.93. The first kappa shape index (κ1) is 28.5. The first-order valence-corrected chi connectivity index (χ1v) is 15.6. The first-order valence-electron chi connectivity index (χ1n) is 14.0. The summed E-state index contributed by atoms with van der Waals surface area (Å²) < 4.78 is 42.1. The van der Waals surface area contributed by atoms with Crippen molar-refractivity contribution in [2.75, 3.05) is 52.6 Å². The van der Waals surface area contributed by atoms with E-state index in [0.29, 0.717) is 65.7 Å². The van der Waals surface area contributed by atoms with Gasteiger partial charge in [-0.05, 0) is 82.9 Å². The lowest BCUT2D eigenvalue weighted by Gasteiger charge is -2.35. The highest BCUT2D eigenvalue weighted by molar-refractivity contribution is 7.93. The Morgan fingerprint density at radius 3 is 2.33 bits per heavy atom. The van der Waals surface area contributed by atoms with Crippen LogP contribution in [-0.2, 0) is 10.0 Å². The van der Waals surface area contributed by atoms with Gasteiger partial charge in [-0.15, -0.1) is 0 Å². The Labute approximate surface area is 235 Å². The summed E-state index contributed by atoms with van der Waals surface area (Å²) in [5.74, 6) is 0.447. The summed E-state index contributed by atoms with van der Waals surface area (Å²) in [5, 5.41) is 11.3. The third-order valence-corrected chi connectivity index (χ3v) is 10.3. The molecule has 0 radical (unpaired) electrons. The molecule has 1 amide bonds. The second-order valence-corrected chi connectivity index (χ2v) is 14.0. The first-order chi connectivity index (χ1) is 18.9. The van der Waals surface area contributed by atoms with E-state index in [1.165, 1.54) is 19.8 Å². The van der Waals surface area contributed by atoms with Crippen molar-refractivity contribution in [1.29, 1.82) is 0 Å². The molecule has 2 saturated heterocycles. The second-order valence-electron chi connectivity index (χ2n) is 11.9. The number of anilines is 4. The number of rotatable bonds is 8. The fourth-order valence-corrected chi connectivity index (χ4v) is 6.28. The predicted molar refractivity (Wildman–Crippen MR) is 154 cm³/mol. The molecule has 2 aromatic rings. The molecule has 12 heteroatoms. The normalized spacial score (nSPS) is 20.7. The van der Waals surface area contributed by atoms with Crippen LogP contribution in [0.25, 0.3) is 0 Å². The molecule has 10 nitrogen and oxygen atoms in total. The van der Waals surface area contributed by atoms with Crippen molar-refractivity contribution in [2.24, 2.45) is 5.41 Å². The van der Waals surface area contributed by atoms with Gasteiger partial charge in [0.2, 0.25) is 16.0 Å². The van der Waals surface area contributed by atoms with Crippen LogP contribution < -0.4 is 19.8 Å².